The predicted octanol–water partition coefficient (Wildman–Crippen LogP) is 6.48. The molecule has 0 spiro atoms. The molecule has 1 aliphatic rings. The van der Waals surface area contributed by atoms with E-state index in [1.807, 2.05) is 121 Å². The number of nitrogens with zero attached hydrogens (tertiary/aromatic N) is 1. The molecule has 0 radical (unpaired) electrons. The zero-order chi connectivity index (χ0) is 33.7. The summed E-state index contributed by atoms with van der Waals surface area (Å²) in [6.07, 6.45) is -3.44. The van der Waals surface area contributed by atoms with Gasteiger partial charge in [-0.3, -0.25) is 0 Å². The Morgan fingerprint density at radius 3 is 1.47 bits per heavy atom. The number of hydrogen-bond acceptors (Lipinski definition) is 9. The molecule has 5 aromatic rings. The molecule has 1 saturated heterocycles. The highest BCUT2D eigenvalue weighted by Gasteiger charge is 2.50. The lowest BCUT2D eigenvalue weighted by atomic mass is 9.98. The molecule has 1 aliphatic heterocycles. The van der Waals surface area contributed by atoms with Crippen LogP contribution in [0.3, 0.4) is 0 Å². The second kappa shape index (κ2) is 17.4. The molecule has 0 unspecified atom stereocenters. The molecule has 2 heterocycles. The molecule has 254 valence electrons. The van der Waals surface area contributed by atoms with Crippen molar-refractivity contribution in [1.82, 2.24) is 4.98 Å². The predicted molar refractivity (Wildman–Crippen MR) is 182 cm³/mol. The fraction of sp³-hybridized carbons (Fsp3) is 0.256. The highest BCUT2D eigenvalue weighted by atomic mass is 32.2. The van der Waals surface area contributed by atoms with Gasteiger partial charge in [-0.05, 0) is 34.4 Å². The van der Waals surface area contributed by atoms with Gasteiger partial charge in [0.25, 0.3) is 0 Å². The Hall–Kier alpha value is -4.26. The van der Waals surface area contributed by atoms with Crippen LogP contribution in [-0.4, -0.2) is 50.7 Å². The highest BCUT2D eigenvalue weighted by Crippen LogP contribution is 2.33. The minimum absolute atomic E-state index is 0.0639. The largest absolute Gasteiger partial charge is 0.374 e. The van der Waals surface area contributed by atoms with Crippen LogP contribution in [0.15, 0.2) is 151 Å². The van der Waals surface area contributed by atoms with Crippen LogP contribution in [0.4, 0.5) is 0 Å². The second-order valence-corrected chi connectivity index (χ2v) is 13.1. The van der Waals surface area contributed by atoms with Gasteiger partial charge in [0.15, 0.2) is 5.03 Å². The summed E-state index contributed by atoms with van der Waals surface area (Å²) in [6, 6.07) is 43.4. The van der Waals surface area contributed by atoms with E-state index in [0.717, 1.165) is 22.3 Å². The van der Waals surface area contributed by atoms with Gasteiger partial charge in [-0.1, -0.05) is 127 Å². The van der Waals surface area contributed by atoms with Crippen molar-refractivity contribution in [2.75, 3.05) is 6.61 Å². The SMILES string of the molecule is O=S(=O)(O[C@H]1O[C@H](COCc2ccccc2)[C@@H](OCc2ccccc2)[C@H](OCc2ccccc2)[C@@H]1OCc1ccccc1)c1ccccn1. The summed E-state index contributed by atoms with van der Waals surface area (Å²) >= 11 is 0. The Labute approximate surface area is 287 Å². The van der Waals surface area contributed by atoms with Crippen molar-refractivity contribution in [2.24, 2.45) is 0 Å². The first kappa shape index (κ1) is 34.6. The maximum absolute atomic E-state index is 13.6. The van der Waals surface area contributed by atoms with Gasteiger partial charge >= 0.3 is 10.1 Å². The maximum Gasteiger partial charge on any atom is 0.317 e. The van der Waals surface area contributed by atoms with Gasteiger partial charge in [0, 0.05) is 6.20 Å². The van der Waals surface area contributed by atoms with Crippen LogP contribution >= 0.6 is 0 Å². The number of aromatic nitrogens is 1. The first-order valence-electron chi connectivity index (χ1n) is 16.1. The summed E-state index contributed by atoms with van der Waals surface area (Å²) in [5.41, 5.74) is 3.73. The van der Waals surface area contributed by atoms with E-state index in [9.17, 15) is 8.42 Å². The Morgan fingerprint density at radius 1 is 0.531 bits per heavy atom. The van der Waals surface area contributed by atoms with Gasteiger partial charge < -0.3 is 23.7 Å². The van der Waals surface area contributed by atoms with Crippen molar-refractivity contribution >= 4 is 10.1 Å². The fourth-order valence-corrected chi connectivity index (χ4v) is 6.43. The molecule has 10 heteroatoms. The Kier molecular flexibility index (Phi) is 12.3. The van der Waals surface area contributed by atoms with Crippen LogP contribution < -0.4 is 0 Å². The summed E-state index contributed by atoms with van der Waals surface area (Å²) in [7, 11) is -4.38. The van der Waals surface area contributed by atoms with Gasteiger partial charge in [-0.15, -0.1) is 0 Å². The minimum atomic E-state index is -4.38. The summed E-state index contributed by atoms with van der Waals surface area (Å²) < 4.78 is 65.4. The lowest BCUT2D eigenvalue weighted by molar-refractivity contribution is -0.309. The van der Waals surface area contributed by atoms with Gasteiger partial charge in [-0.2, -0.15) is 8.42 Å². The van der Waals surface area contributed by atoms with Gasteiger partial charge in [-0.25, -0.2) is 9.17 Å². The zero-order valence-electron chi connectivity index (χ0n) is 26.9. The van der Waals surface area contributed by atoms with Gasteiger partial charge in [0.05, 0.1) is 33.0 Å². The molecule has 4 aromatic carbocycles. The van der Waals surface area contributed by atoms with Crippen molar-refractivity contribution < 1.29 is 36.3 Å². The van der Waals surface area contributed by atoms with E-state index in [2.05, 4.69) is 4.98 Å². The Balaban J connectivity index is 1.34. The molecular formula is C39H39NO8S. The van der Waals surface area contributed by atoms with Crippen LogP contribution in [0.5, 0.6) is 0 Å². The van der Waals surface area contributed by atoms with Crippen LogP contribution in [-0.2, 0) is 64.4 Å². The molecule has 0 amide bonds. The normalized spacial score (nSPS) is 20.9. The molecule has 1 aromatic heterocycles. The number of rotatable bonds is 16. The topological polar surface area (TPSA) is 102 Å². The monoisotopic (exact) mass is 681 g/mol. The summed E-state index contributed by atoms with van der Waals surface area (Å²) in [6.45, 7) is 0.976. The van der Waals surface area contributed by atoms with E-state index < -0.39 is 40.8 Å². The summed E-state index contributed by atoms with van der Waals surface area (Å²) in [5.74, 6) is 0. The Bertz CT molecular complexity index is 1780. The van der Waals surface area contributed by atoms with Crippen molar-refractivity contribution in [3.8, 4) is 0 Å². The van der Waals surface area contributed by atoms with Crippen molar-refractivity contribution in [3.05, 3.63) is 168 Å². The molecule has 0 N–H and O–H groups in total. The third kappa shape index (κ3) is 9.90. The third-order valence-electron chi connectivity index (χ3n) is 7.96. The van der Waals surface area contributed by atoms with E-state index >= 15 is 0 Å². The summed E-state index contributed by atoms with van der Waals surface area (Å²) in [5, 5.41) is -0.249. The Morgan fingerprint density at radius 2 is 0.980 bits per heavy atom. The molecule has 0 saturated carbocycles. The number of pyridine rings is 1. The van der Waals surface area contributed by atoms with E-state index in [1.165, 1.54) is 12.3 Å². The van der Waals surface area contributed by atoms with Crippen LogP contribution in [0.25, 0.3) is 0 Å². The first-order valence-corrected chi connectivity index (χ1v) is 17.5. The smallest absolute Gasteiger partial charge is 0.317 e. The average molecular weight is 682 g/mol. The number of hydrogen-bond donors (Lipinski definition) is 0. The average Bonchev–Trinajstić information content (AvgIpc) is 3.15. The second-order valence-electron chi connectivity index (χ2n) is 11.5. The zero-order valence-corrected chi connectivity index (χ0v) is 27.7. The quantitative estimate of drug-likeness (QED) is 0.108. The van der Waals surface area contributed by atoms with Gasteiger partial charge in [0.2, 0.25) is 6.29 Å². The van der Waals surface area contributed by atoms with E-state index in [-0.39, 0.29) is 31.5 Å². The summed E-state index contributed by atoms with van der Waals surface area (Å²) in [4.78, 5) is 4.02. The molecule has 9 nitrogen and oxygen atoms in total. The number of ether oxygens (including phenoxy) is 5. The van der Waals surface area contributed by atoms with E-state index in [1.54, 1.807) is 12.1 Å². The molecule has 49 heavy (non-hydrogen) atoms. The number of benzene rings is 4. The lowest BCUT2D eigenvalue weighted by Gasteiger charge is -2.45. The van der Waals surface area contributed by atoms with Crippen LogP contribution in [0.2, 0.25) is 0 Å². The van der Waals surface area contributed by atoms with Crippen LogP contribution in [0.1, 0.15) is 22.3 Å². The molecule has 1 fully saturated rings. The molecule has 0 bridgehead atoms. The lowest BCUT2D eigenvalue weighted by Crippen LogP contribution is -2.62. The maximum atomic E-state index is 13.6. The van der Waals surface area contributed by atoms with Crippen LogP contribution in [0, 0.1) is 0 Å². The van der Waals surface area contributed by atoms with Crippen molar-refractivity contribution in [2.45, 2.75) is 62.2 Å². The molecule has 6 rings (SSSR count). The van der Waals surface area contributed by atoms with Crippen molar-refractivity contribution in [1.29, 1.82) is 0 Å². The minimum Gasteiger partial charge on any atom is -0.374 e. The van der Waals surface area contributed by atoms with Crippen molar-refractivity contribution in [3.63, 3.8) is 0 Å². The first-order chi connectivity index (χ1) is 24.0. The third-order valence-corrected chi connectivity index (χ3v) is 9.15. The molecule has 5 atom stereocenters. The van der Waals surface area contributed by atoms with E-state index in [4.69, 9.17) is 27.9 Å². The van der Waals surface area contributed by atoms with Gasteiger partial charge in [0.1, 0.15) is 24.4 Å². The fourth-order valence-electron chi connectivity index (χ4n) is 5.49. The standard InChI is InChI=1S/C39H39NO8S/c41-49(42,35-23-13-14-24-40-35)48-39-38(46-28-33-21-11-4-12-22-33)37(45-27-32-19-9-3-10-20-32)36(44-26-31-17-7-2-8-18-31)34(47-39)29-43-25-30-15-5-1-6-16-30/h1-24,34,36-39H,25-29H2/t34-,36-,37+,38+,39-/m1/s1. The highest BCUT2D eigenvalue weighted by molar-refractivity contribution is 7.86. The molecular weight excluding hydrogens is 642 g/mol. The van der Waals surface area contributed by atoms with E-state index in [0.29, 0.717) is 6.61 Å². The molecule has 0 aliphatic carbocycles.